The van der Waals surface area contributed by atoms with Gasteiger partial charge < -0.3 is 65.1 Å². The van der Waals surface area contributed by atoms with Crippen LogP contribution >= 0.6 is 0 Å². The van der Waals surface area contributed by atoms with Gasteiger partial charge in [0.25, 0.3) is 0 Å². The van der Waals surface area contributed by atoms with Crippen LogP contribution in [0.5, 0.6) is 0 Å². The summed E-state index contributed by atoms with van der Waals surface area (Å²) in [6.07, 6.45) is 64.7. The Labute approximate surface area is 513 Å². The Morgan fingerprint density at radius 2 is 0.824 bits per heavy atom. The number of nitrogens with one attached hydrogen (secondary N) is 1. The molecule has 2 aliphatic heterocycles. The van der Waals surface area contributed by atoms with Gasteiger partial charge in [0.05, 0.1) is 32.0 Å². The highest BCUT2D eigenvalue weighted by Crippen LogP contribution is 2.30. The molecule has 0 aliphatic carbocycles. The van der Waals surface area contributed by atoms with Crippen molar-refractivity contribution >= 4 is 5.91 Å². The van der Waals surface area contributed by atoms with Crippen LogP contribution in [0, 0.1) is 0 Å². The molecule has 0 spiro atoms. The summed E-state index contributed by atoms with van der Waals surface area (Å²) in [6.45, 7) is 2.60. The van der Waals surface area contributed by atoms with Crippen LogP contribution in [-0.4, -0.2) is 140 Å². The molecule has 12 atom stereocenters. The highest BCUT2D eigenvalue weighted by Gasteiger charge is 2.51. The van der Waals surface area contributed by atoms with Gasteiger partial charge >= 0.3 is 0 Å². The predicted molar refractivity (Wildman–Crippen MR) is 345 cm³/mol. The number of amides is 1. The van der Waals surface area contributed by atoms with E-state index in [-0.39, 0.29) is 18.9 Å². The second-order valence-corrected chi connectivity index (χ2v) is 22.1. The summed E-state index contributed by atoms with van der Waals surface area (Å²) in [5.74, 6) is -0.268. The molecule has 0 aromatic rings. The molecule has 0 aromatic carbocycles. The molecule has 2 fully saturated rings. The normalized spacial score (nSPS) is 24.5. The lowest BCUT2D eigenvalue weighted by Gasteiger charge is -2.46. The van der Waals surface area contributed by atoms with Gasteiger partial charge in [-0.3, -0.25) is 4.79 Å². The Hall–Kier alpha value is -4.13. The summed E-state index contributed by atoms with van der Waals surface area (Å²) in [5, 5.41) is 87.1. The molecular formula is C71H115NO13. The van der Waals surface area contributed by atoms with Crippen LogP contribution in [-0.2, 0) is 23.7 Å². The van der Waals surface area contributed by atoms with Gasteiger partial charge in [0.15, 0.2) is 12.6 Å². The Kier molecular flexibility index (Phi) is 48.9. The van der Waals surface area contributed by atoms with Crippen LogP contribution in [0.4, 0.5) is 0 Å². The fourth-order valence-corrected chi connectivity index (χ4v) is 9.55. The maximum atomic E-state index is 13.3. The molecule has 14 heteroatoms. The number of hydrogen-bond donors (Lipinski definition) is 9. The van der Waals surface area contributed by atoms with Crippen LogP contribution < -0.4 is 5.32 Å². The molecular weight excluding hydrogens is 1070 g/mol. The lowest BCUT2D eigenvalue weighted by Crippen LogP contribution is -2.65. The minimum atomic E-state index is -1.80. The van der Waals surface area contributed by atoms with Crippen molar-refractivity contribution in [1.82, 2.24) is 5.32 Å². The molecule has 482 valence electrons. The number of allylic oxidation sites excluding steroid dienone is 23. The third-order valence-corrected chi connectivity index (χ3v) is 14.7. The Morgan fingerprint density at radius 3 is 1.29 bits per heavy atom. The predicted octanol–water partition coefficient (Wildman–Crippen LogP) is 12.5. The maximum absolute atomic E-state index is 13.3. The van der Waals surface area contributed by atoms with Crippen LogP contribution in [0.15, 0.2) is 146 Å². The van der Waals surface area contributed by atoms with Crippen molar-refractivity contribution in [2.45, 2.75) is 274 Å². The standard InChI is InChI=1S/C71H115NO13/c1-3-5-7-9-11-13-15-17-19-20-21-22-23-24-25-26-27-28-29-30-31-32-33-34-35-36-37-38-39-40-41-43-45-47-49-51-53-55-63(76)72-59(60(75)54-52-50-48-46-44-42-18-16-14-12-10-8-6-4-2)58-82-70-68(81)66(79)69(62(57-74)84-70)85-71-67(80)65(78)64(77)61(56-73)83-71/h5,7,11,13-14,16-17,19,21-22,24-25,27-28,30-31,33-34,36-37,44,46,52,54,59-62,64-71,73-75,77-81H,3-4,6,8-10,12,15,18,20,23,26,29,32,35,38-43,45,47-51,53,55-58H2,1-2H3,(H,72,76)/b7-5-,13-11-,16-14+,19-17-,22-21-,25-24-,28-27-,31-30-,34-33-,37-36-,46-44+,54-52+. The molecule has 0 bridgehead atoms. The molecule has 14 nitrogen and oxygen atoms in total. The van der Waals surface area contributed by atoms with E-state index in [2.05, 4.69) is 153 Å². The van der Waals surface area contributed by atoms with Gasteiger partial charge in [-0.15, -0.1) is 0 Å². The Bertz CT molecular complexity index is 1980. The van der Waals surface area contributed by atoms with E-state index in [0.29, 0.717) is 12.8 Å². The quantitative estimate of drug-likeness (QED) is 0.0204. The second-order valence-electron chi connectivity index (χ2n) is 22.1. The van der Waals surface area contributed by atoms with E-state index < -0.39 is 86.8 Å². The zero-order valence-corrected chi connectivity index (χ0v) is 52.0. The van der Waals surface area contributed by atoms with Crippen molar-refractivity contribution in [1.29, 1.82) is 0 Å². The van der Waals surface area contributed by atoms with E-state index in [1.165, 1.54) is 51.4 Å². The van der Waals surface area contributed by atoms with Gasteiger partial charge in [0.2, 0.25) is 5.91 Å². The number of carbonyl (C=O) groups is 1. The zero-order chi connectivity index (χ0) is 61.6. The topological polar surface area (TPSA) is 228 Å². The van der Waals surface area contributed by atoms with Crippen LogP contribution in [0.1, 0.15) is 200 Å². The van der Waals surface area contributed by atoms with Gasteiger partial charge in [-0.05, 0) is 116 Å². The Morgan fingerprint density at radius 1 is 0.435 bits per heavy atom. The van der Waals surface area contributed by atoms with E-state index in [1.807, 2.05) is 6.08 Å². The molecule has 2 aliphatic rings. The molecule has 0 saturated carbocycles. The molecule has 2 rings (SSSR count). The average Bonchev–Trinajstić information content (AvgIpc) is 3.65. The fourth-order valence-electron chi connectivity index (χ4n) is 9.55. The number of carbonyl (C=O) groups excluding carboxylic acids is 1. The number of aliphatic hydroxyl groups excluding tert-OH is 8. The molecule has 2 saturated heterocycles. The third kappa shape index (κ3) is 38.7. The van der Waals surface area contributed by atoms with Crippen molar-refractivity contribution in [2.24, 2.45) is 0 Å². The summed E-state index contributed by atoms with van der Waals surface area (Å²) in [4.78, 5) is 13.3. The molecule has 0 aromatic heterocycles. The first-order valence-electron chi connectivity index (χ1n) is 32.6. The van der Waals surface area contributed by atoms with E-state index in [4.69, 9.17) is 18.9 Å². The smallest absolute Gasteiger partial charge is 0.220 e. The largest absolute Gasteiger partial charge is 0.394 e. The van der Waals surface area contributed by atoms with Crippen molar-refractivity contribution < 1.29 is 64.6 Å². The van der Waals surface area contributed by atoms with Gasteiger partial charge in [-0.25, -0.2) is 0 Å². The van der Waals surface area contributed by atoms with Crippen LogP contribution in [0.2, 0.25) is 0 Å². The molecule has 9 N–H and O–H groups in total. The summed E-state index contributed by atoms with van der Waals surface area (Å²) < 4.78 is 22.7. The summed E-state index contributed by atoms with van der Waals surface area (Å²) >= 11 is 0. The summed E-state index contributed by atoms with van der Waals surface area (Å²) in [7, 11) is 0. The van der Waals surface area contributed by atoms with Crippen molar-refractivity contribution in [3.8, 4) is 0 Å². The first kappa shape index (κ1) is 77.0. The lowest BCUT2D eigenvalue weighted by atomic mass is 9.97. The first-order valence-corrected chi connectivity index (χ1v) is 32.6. The van der Waals surface area contributed by atoms with Crippen molar-refractivity contribution in [3.05, 3.63) is 146 Å². The molecule has 2 heterocycles. The van der Waals surface area contributed by atoms with Crippen LogP contribution in [0.25, 0.3) is 0 Å². The van der Waals surface area contributed by atoms with E-state index >= 15 is 0 Å². The van der Waals surface area contributed by atoms with Gasteiger partial charge in [0.1, 0.15) is 48.8 Å². The summed E-state index contributed by atoms with van der Waals surface area (Å²) in [5.41, 5.74) is 0. The number of unbranched alkanes of at least 4 members (excludes halogenated alkanes) is 15. The average molecular weight is 1190 g/mol. The summed E-state index contributed by atoms with van der Waals surface area (Å²) in [6, 6.07) is -0.951. The van der Waals surface area contributed by atoms with Gasteiger partial charge in [0, 0.05) is 6.42 Å². The van der Waals surface area contributed by atoms with E-state index in [9.17, 15) is 45.6 Å². The molecule has 12 unspecified atom stereocenters. The fraction of sp³-hybridized carbons (Fsp3) is 0.648. The Balaban J connectivity index is 1.66. The van der Waals surface area contributed by atoms with Crippen LogP contribution in [0.3, 0.4) is 0 Å². The highest BCUT2D eigenvalue weighted by atomic mass is 16.7. The maximum Gasteiger partial charge on any atom is 0.220 e. The number of rotatable bonds is 50. The van der Waals surface area contributed by atoms with Crippen molar-refractivity contribution in [2.75, 3.05) is 19.8 Å². The van der Waals surface area contributed by atoms with E-state index in [1.54, 1.807) is 6.08 Å². The van der Waals surface area contributed by atoms with Gasteiger partial charge in [-0.2, -0.15) is 0 Å². The van der Waals surface area contributed by atoms with E-state index in [0.717, 1.165) is 116 Å². The van der Waals surface area contributed by atoms with Crippen molar-refractivity contribution in [3.63, 3.8) is 0 Å². The molecule has 0 radical (unpaired) electrons. The number of hydrogen-bond acceptors (Lipinski definition) is 13. The minimum absolute atomic E-state index is 0.253. The lowest BCUT2D eigenvalue weighted by molar-refractivity contribution is -0.359. The second kappa shape index (κ2) is 54.1. The zero-order valence-electron chi connectivity index (χ0n) is 52.0. The van der Waals surface area contributed by atoms with Gasteiger partial charge in [-0.1, -0.05) is 224 Å². The number of aliphatic hydroxyl groups is 8. The minimum Gasteiger partial charge on any atom is -0.394 e. The molecule has 85 heavy (non-hydrogen) atoms. The monoisotopic (exact) mass is 1190 g/mol. The SMILES string of the molecule is CC/C=C\C/C=C\C/C=C\C/C=C\C/C=C\C/C=C\C/C=C\C/C=C\C/C=C\CCCCCCCCCCCC(=O)NC(COC1OC(CO)C(OC2OC(CO)C(O)C(O)C2O)C(O)C1O)C(O)/C=C/CC/C=C/CC/C=C/CCCCCC. The molecule has 1 amide bonds. The highest BCUT2D eigenvalue weighted by molar-refractivity contribution is 5.76. The third-order valence-electron chi connectivity index (χ3n) is 14.7. The first-order chi connectivity index (χ1) is 41.6. The number of ether oxygens (including phenoxy) is 4.